The fraction of sp³-hybridized carbons (Fsp3) is 0.800. The second kappa shape index (κ2) is 7.87. The zero-order chi connectivity index (χ0) is 15.9. The Balaban J connectivity index is 2.80. The maximum Gasteiger partial charge on any atom is 0.329 e. The molecular formula is C15H25N3O3. The van der Waals surface area contributed by atoms with Gasteiger partial charge in [0.25, 0.3) is 0 Å². The maximum absolute atomic E-state index is 12.4. The molecule has 2 amide bonds. The molecule has 1 rings (SSSR count). The Morgan fingerprint density at radius 1 is 1.33 bits per heavy atom. The molecule has 1 saturated carbocycles. The molecule has 0 aromatic rings. The molecule has 118 valence electrons. The Labute approximate surface area is 126 Å². The molecule has 1 aliphatic rings. The van der Waals surface area contributed by atoms with E-state index >= 15 is 0 Å². The summed E-state index contributed by atoms with van der Waals surface area (Å²) in [5.74, 6) is -1.23. The fourth-order valence-corrected chi connectivity index (χ4v) is 2.74. The summed E-state index contributed by atoms with van der Waals surface area (Å²) in [6, 6.07) is 1.71. The third-order valence-electron chi connectivity index (χ3n) is 4.10. The minimum Gasteiger partial charge on any atom is -0.480 e. The van der Waals surface area contributed by atoms with Crippen LogP contribution in [-0.2, 0) is 4.79 Å². The van der Waals surface area contributed by atoms with Crippen LogP contribution in [0.3, 0.4) is 0 Å². The molecule has 0 radical (unpaired) electrons. The van der Waals surface area contributed by atoms with Crippen LogP contribution in [0.2, 0.25) is 0 Å². The lowest BCUT2D eigenvalue weighted by Gasteiger charge is -2.32. The summed E-state index contributed by atoms with van der Waals surface area (Å²) >= 11 is 0. The van der Waals surface area contributed by atoms with Gasteiger partial charge in [-0.2, -0.15) is 5.26 Å². The standard InChI is InChI=1S/C15H25N3O3/c1-3-18(11-12(2)10-16)14(21)17-15(13(19)20)8-6-4-5-7-9-15/h12H,3-9,11H2,1-2H3,(H,17,21)(H,19,20). The van der Waals surface area contributed by atoms with Gasteiger partial charge in [0.05, 0.1) is 12.0 Å². The third kappa shape index (κ3) is 4.62. The highest BCUT2D eigenvalue weighted by Gasteiger charge is 2.40. The van der Waals surface area contributed by atoms with Gasteiger partial charge in [-0.3, -0.25) is 0 Å². The smallest absolute Gasteiger partial charge is 0.329 e. The van der Waals surface area contributed by atoms with E-state index in [1.54, 1.807) is 6.92 Å². The van der Waals surface area contributed by atoms with Gasteiger partial charge < -0.3 is 15.3 Å². The van der Waals surface area contributed by atoms with Crippen LogP contribution in [-0.4, -0.2) is 40.6 Å². The number of hydrogen-bond donors (Lipinski definition) is 2. The first kappa shape index (κ1) is 17.3. The van der Waals surface area contributed by atoms with Crippen molar-refractivity contribution >= 4 is 12.0 Å². The summed E-state index contributed by atoms with van der Waals surface area (Å²) in [5, 5.41) is 21.1. The van der Waals surface area contributed by atoms with Gasteiger partial charge in [-0.05, 0) is 26.7 Å². The highest BCUT2D eigenvalue weighted by Crippen LogP contribution is 2.27. The van der Waals surface area contributed by atoms with E-state index < -0.39 is 11.5 Å². The van der Waals surface area contributed by atoms with Crippen molar-refractivity contribution < 1.29 is 14.7 Å². The molecule has 6 heteroatoms. The van der Waals surface area contributed by atoms with E-state index in [1.807, 2.05) is 6.92 Å². The number of carbonyl (C=O) groups is 2. The van der Waals surface area contributed by atoms with Gasteiger partial charge in [0.2, 0.25) is 0 Å². The highest BCUT2D eigenvalue weighted by atomic mass is 16.4. The van der Waals surface area contributed by atoms with Crippen LogP contribution in [0, 0.1) is 17.2 Å². The molecule has 0 heterocycles. The van der Waals surface area contributed by atoms with Gasteiger partial charge in [-0.1, -0.05) is 25.7 Å². The molecule has 1 aliphatic carbocycles. The van der Waals surface area contributed by atoms with Gasteiger partial charge >= 0.3 is 12.0 Å². The number of nitrogens with one attached hydrogen (secondary N) is 1. The largest absolute Gasteiger partial charge is 0.480 e. The van der Waals surface area contributed by atoms with Crippen LogP contribution in [0.25, 0.3) is 0 Å². The van der Waals surface area contributed by atoms with Crippen LogP contribution in [0.5, 0.6) is 0 Å². The van der Waals surface area contributed by atoms with Gasteiger partial charge in [0, 0.05) is 13.1 Å². The molecule has 0 aromatic carbocycles. The molecule has 0 aromatic heterocycles. The SMILES string of the molecule is CCN(CC(C)C#N)C(=O)NC1(C(=O)O)CCCCCC1. The number of carboxylic acids is 1. The molecule has 1 unspecified atom stereocenters. The summed E-state index contributed by atoms with van der Waals surface area (Å²) in [6.45, 7) is 4.33. The molecule has 21 heavy (non-hydrogen) atoms. The molecule has 0 aliphatic heterocycles. The van der Waals surface area contributed by atoms with E-state index in [4.69, 9.17) is 5.26 Å². The van der Waals surface area contributed by atoms with Crippen LogP contribution in [0.15, 0.2) is 0 Å². The predicted molar refractivity (Wildman–Crippen MR) is 78.6 cm³/mol. The number of carbonyl (C=O) groups excluding carboxylic acids is 1. The van der Waals surface area contributed by atoms with Crippen molar-refractivity contribution in [1.82, 2.24) is 10.2 Å². The maximum atomic E-state index is 12.4. The molecule has 1 fully saturated rings. The first-order valence-electron chi connectivity index (χ1n) is 7.65. The lowest BCUT2D eigenvalue weighted by atomic mass is 9.90. The van der Waals surface area contributed by atoms with E-state index in [0.717, 1.165) is 25.7 Å². The van der Waals surface area contributed by atoms with Crippen LogP contribution >= 0.6 is 0 Å². The van der Waals surface area contributed by atoms with E-state index in [9.17, 15) is 14.7 Å². The molecule has 6 nitrogen and oxygen atoms in total. The first-order valence-corrected chi connectivity index (χ1v) is 7.65. The summed E-state index contributed by atoms with van der Waals surface area (Å²) in [5.41, 5.74) is -1.16. The summed E-state index contributed by atoms with van der Waals surface area (Å²) < 4.78 is 0. The Bertz CT molecular complexity index is 409. The second-order valence-corrected chi connectivity index (χ2v) is 5.80. The zero-order valence-corrected chi connectivity index (χ0v) is 12.9. The molecule has 1 atom stereocenters. The Morgan fingerprint density at radius 2 is 1.90 bits per heavy atom. The van der Waals surface area contributed by atoms with Crippen molar-refractivity contribution in [3.05, 3.63) is 0 Å². The van der Waals surface area contributed by atoms with Gasteiger partial charge in [0.1, 0.15) is 5.54 Å². The molecule has 2 N–H and O–H groups in total. The van der Waals surface area contributed by atoms with Crippen LogP contribution < -0.4 is 5.32 Å². The summed E-state index contributed by atoms with van der Waals surface area (Å²) in [6.07, 6.45) is 4.58. The van der Waals surface area contributed by atoms with E-state index in [2.05, 4.69) is 11.4 Å². The van der Waals surface area contributed by atoms with Crippen LogP contribution in [0.1, 0.15) is 52.4 Å². The van der Waals surface area contributed by atoms with Gasteiger partial charge in [0.15, 0.2) is 0 Å². The average molecular weight is 295 g/mol. The molecule has 0 bridgehead atoms. The van der Waals surface area contributed by atoms with Crippen molar-refractivity contribution in [2.24, 2.45) is 5.92 Å². The number of nitrogens with zero attached hydrogens (tertiary/aromatic N) is 2. The Morgan fingerprint density at radius 3 is 2.33 bits per heavy atom. The highest BCUT2D eigenvalue weighted by molar-refractivity contribution is 5.86. The zero-order valence-electron chi connectivity index (χ0n) is 12.9. The predicted octanol–water partition coefficient (Wildman–Crippen LogP) is 2.36. The molecule has 0 saturated heterocycles. The summed E-state index contributed by atoms with van der Waals surface area (Å²) in [4.78, 5) is 25.5. The van der Waals surface area contributed by atoms with Gasteiger partial charge in [-0.25, -0.2) is 9.59 Å². The topological polar surface area (TPSA) is 93.4 Å². The summed E-state index contributed by atoms with van der Waals surface area (Å²) in [7, 11) is 0. The van der Waals surface area contributed by atoms with Crippen LogP contribution in [0.4, 0.5) is 4.79 Å². The molecule has 0 spiro atoms. The van der Waals surface area contributed by atoms with Crippen molar-refractivity contribution in [3.63, 3.8) is 0 Å². The fourth-order valence-electron chi connectivity index (χ4n) is 2.74. The third-order valence-corrected chi connectivity index (χ3v) is 4.10. The van der Waals surface area contributed by atoms with E-state index in [1.165, 1.54) is 4.90 Å². The quantitative estimate of drug-likeness (QED) is 0.761. The number of aliphatic carboxylic acids is 1. The number of urea groups is 1. The first-order chi connectivity index (χ1) is 9.95. The van der Waals surface area contributed by atoms with Crippen molar-refractivity contribution in [3.8, 4) is 6.07 Å². The monoisotopic (exact) mass is 295 g/mol. The van der Waals surface area contributed by atoms with Crippen molar-refractivity contribution in [2.75, 3.05) is 13.1 Å². The number of rotatable bonds is 5. The Kier molecular flexibility index (Phi) is 6.47. The number of nitriles is 1. The van der Waals surface area contributed by atoms with E-state index in [-0.39, 0.29) is 11.9 Å². The minimum atomic E-state index is -1.16. The lowest BCUT2D eigenvalue weighted by molar-refractivity contribution is -0.145. The van der Waals surface area contributed by atoms with E-state index in [0.29, 0.717) is 25.9 Å². The second-order valence-electron chi connectivity index (χ2n) is 5.80. The lowest BCUT2D eigenvalue weighted by Crippen LogP contribution is -2.58. The normalized spacial score (nSPS) is 18.9. The van der Waals surface area contributed by atoms with Crippen molar-refractivity contribution in [2.45, 2.75) is 57.9 Å². The van der Waals surface area contributed by atoms with Gasteiger partial charge in [-0.15, -0.1) is 0 Å². The number of hydrogen-bond acceptors (Lipinski definition) is 3. The van der Waals surface area contributed by atoms with Crippen molar-refractivity contribution in [1.29, 1.82) is 5.26 Å². The minimum absolute atomic E-state index is 0.273. The number of carboxylic acid groups (broad SMARTS) is 1. The molecular weight excluding hydrogens is 270 g/mol. The average Bonchev–Trinajstić information content (AvgIpc) is 2.70. The Hall–Kier alpha value is -1.77. The number of amides is 2.